The van der Waals surface area contributed by atoms with Gasteiger partial charge in [0.25, 0.3) is 5.91 Å². The molecular weight excluding hydrogens is 246 g/mol. The van der Waals surface area contributed by atoms with Gasteiger partial charge in [-0.15, -0.1) is 0 Å². The van der Waals surface area contributed by atoms with Gasteiger partial charge in [-0.2, -0.15) is 0 Å². The summed E-state index contributed by atoms with van der Waals surface area (Å²) >= 11 is 0. The van der Waals surface area contributed by atoms with E-state index in [-0.39, 0.29) is 18.3 Å². The molecule has 3 N–H and O–H groups in total. The van der Waals surface area contributed by atoms with Crippen molar-refractivity contribution >= 4 is 17.4 Å². The smallest absolute Gasteiger partial charge is 0.252 e. The lowest BCUT2D eigenvalue weighted by Gasteiger charge is -2.20. The van der Waals surface area contributed by atoms with Gasteiger partial charge in [-0.3, -0.25) is 4.79 Å². The summed E-state index contributed by atoms with van der Waals surface area (Å²) in [5.74, 6) is -0.226. The third kappa shape index (κ3) is 3.96. The molecule has 0 atom stereocenters. The van der Waals surface area contributed by atoms with Crippen LogP contribution < -0.4 is 10.6 Å². The van der Waals surface area contributed by atoms with Crippen molar-refractivity contribution in [3.8, 4) is 0 Å². The minimum Gasteiger partial charge on any atom is -0.409 e. The topological polar surface area (TPSA) is 88.2 Å². The fraction of sp³-hybridized carbons (Fsp3) is 0.385. The van der Waals surface area contributed by atoms with Crippen LogP contribution in [0.2, 0.25) is 0 Å². The van der Waals surface area contributed by atoms with Gasteiger partial charge >= 0.3 is 0 Å². The quantitative estimate of drug-likeness (QED) is 0.266. The lowest BCUT2D eigenvalue weighted by atomic mass is 10.1. The number of amidine groups is 1. The fourth-order valence-electron chi connectivity index (χ4n) is 1.57. The molecule has 0 fully saturated rings. The molecule has 1 amide bonds. The maximum absolute atomic E-state index is 11.9. The van der Waals surface area contributed by atoms with E-state index >= 15 is 0 Å². The highest BCUT2D eigenvalue weighted by Crippen LogP contribution is 2.19. The normalized spacial score (nSPS) is 11.4. The van der Waals surface area contributed by atoms with E-state index in [0.29, 0.717) is 17.9 Å². The van der Waals surface area contributed by atoms with E-state index in [1.54, 1.807) is 31.3 Å². The number of likely N-dealkylation sites (N-methyl/N-ethyl adjacent to an activating group) is 1. The second kappa shape index (κ2) is 7.38. The van der Waals surface area contributed by atoms with Gasteiger partial charge in [-0.25, -0.2) is 0 Å². The number of carbonyl (C=O) groups is 1. The number of anilines is 1. The molecule has 0 unspecified atom stereocenters. The minimum absolute atomic E-state index is 0.00878. The summed E-state index contributed by atoms with van der Waals surface area (Å²) in [6, 6.07) is 6.94. The van der Waals surface area contributed by atoms with Crippen LogP contribution in [-0.4, -0.2) is 37.2 Å². The first-order valence-electron chi connectivity index (χ1n) is 6.03. The Hall–Kier alpha value is -2.08. The standard InChI is InChI=1S/C13H19N3O3/c1-3-8-19-9-12(17)16(2)11-7-5-4-6-10(11)13(14)15-18/h4-7,18H,3,8-9H2,1-2H3,(H2,14,15). The van der Waals surface area contributed by atoms with Crippen molar-refractivity contribution in [2.45, 2.75) is 13.3 Å². The van der Waals surface area contributed by atoms with Crippen molar-refractivity contribution in [3.63, 3.8) is 0 Å². The van der Waals surface area contributed by atoms with Gasteiger partial charge in [-0.05, 0) is 18.6 Å². The van der Waals surface area contributed by atoms with Crippen LogP contribution in [-0.2, 0) is 9.53 Å². The zero-order chi connectivity index (χ0) is 14.3. The Bertz CT molecular complexity index is 460. The first kappa shape index (κ1) is 15.0. The van der Waals surface area contributed by atoms with Crippen molar-refractivity contribution in [1.29, 1.82) is 0 Å². The predicted molar refractivity (Wildman–Crippen MR) is 73.5 cm³/mol. The van der Waals surface area contributed by atoms with Crippen LogP contribution in [0.4, 0.5) is 5.69 Å². The van der Waals surface area contributed by atoms with Crippen LogP contribution in [0, 0.1) is 0 Å². The van der Waals surface area contributed by atoms with Crippen LogP contribution in [0.3, 0.4) is 0 Å². The van der Waals surface area contributed by atoms with Crippen molar-refractivity contribution < 1.29 is 14.7 Å². The van der Waals surface area contributed by atoms with Gasteiger partial charge in [0, 0.05) is 19.2 Å². The van der Waals surface area contributed by atoms with E-state index in [1.165, 1.54) is 4.90 Å². The summed E-state index contributed by atoms with van der Waals surface area (Å²) in [6.07, 6.45) is 0.859. The molecule has 0 radical (unpaired) electrons. The van der Waals surface area contributed by atoms with Crippen molar-refractivity contribution in [2.24, 2.45) is 10.9 Å². The third-order valence-corrected chi connectivity index (χ3v) is 2.60. The number of hydrogen-bond donors (Lipinski definition) is 2. The Labute approximate surface area is 112 Å². The average molecular weight is 265 g/mol. The summed E-state index contributed by atoms with van der Waals surface area (Å²) in [4.78, 5) is 13.4. The molecule has 0 saturated heterocycles. The molecule has 1 aromatic rings. The highest BCUT2D eigenvalue weighted by molar-refractivity contribution is 6.06. The number of benzene rings is 1. The molecule has 1 aromatic carbocycles. The number of amides is 1. The van der Waals surface area contributed by atoms with Gasteiger partial charge < -0.3 is 20.6 Å². The molecule has 104 valence electrons. The summed E-state index contributed by atoms with van der Waals surface area (Å²) < 4.78 is 5.21. The second-order valence-corrected chi connectivity index (χ2v) is 4.01. The molecule has 19 heavy (non-hydrogen) atoms. The molecule has 0 aliphatic heterocycles. The van der Waals surface area contributed by atoms with E-state index in [4.69, 9.17) is 15.7 Å². The first-order chi connectivity index (χ1) is 9.11. The summed E-state index contributed by atoms with van der Waals surface area (Å²) in [7, 11) is 1.63. The van der Waals surface area contributed by atoms with Crippen LogP contribution in [0.15, 0.2) is 29.4 Å². The van der Waals surface area contributed by atoms with Gasteiger partial charge in [0.15, 0.2) is 5.84 Å². The predicted octanol–water partition coefficient (Wildman–Crippen LogP) is 1.17. The number of para-hydroxylation sites is 1. The number of carbonyl (C=O) groups excluding carboxylic acids is 1. The Balaban J connectivity index is 2.87. The van der Waals surface area contributed by atoms with Gasteiger partial charge in [0.2, 0.25) is 0 Å². The van der Waals surface area contributed by atoms with Crippen LogP contribution in [0.25, 0.3) is 0 Å². The van der Waals surface area contributed by atoms with Gasteiger partial charge in [-0.1, -0.05) is 24.2 Å². The van der Waals surface area contributed by atoms with Crippen molar-refractivity contribution in [3.05, 3.63) is 29.8 Å². The van der Waals surface area contributed by atoms with Crippen molar-refractivity contribution in [1.82, 2.24) is 0 Å². The number of nitrogens with two attached hydrogens (primary N) is 1. The van der Waals surface area contributed by atoms with E-state index < -0.39 is 0 Å². The number of nitrogens with zero attached hydrogens (tertiary/aromatic N) is 2. The second-order valence-electron chi connectivity index (χ2n) is 4.01. The maximum Gasteiger partial charge on any atom is 0.252 e. The molecule has 0 aromatic heterocycles. The molecule has 0 heterocycles. The third-order valence-electron chi connectivity index (χ3n) is 2.60. The van der Waals surface area contributed by atoms with E-state index in [9.17, 15) is 4.79 Å². The molecule has 1 rings (SSSR count). The van der Waals surface area contributed by atoms with E-state index in [0.717, 1.165) is 6.42 Å². The molecule has 0 aliphatic rings. The minimum atomic E-state index is -0.188. The highest BCUT2D eigenvalue weighted by atomic mass is 16.5. The maximum atomic E-state index is 11.9. The summed E-state index contributed by atoms with van der Waals surface area (Å²) in [5, 5.41) is 11.7. The van der Waals surface area contributed by atoms with Crippen molar-refractivity contribution in [2.75, 3.05) is 25.2 Å². The van der Waals surface area contributed by atoms with Gasteiger partial charge in [0.1, 0.15) is 6.61 Å². The Kier molecular flexibility index (Phi) is 5.81. The zero-order valence-corrected chi connectivity index (χ0v) is 11.2. The number of oxime groups is 1. The Morgan fingerprint density at radius 3 is 2.79 bits per heavy atom. The van der Waals surface area contributed by atoms with E-state index in [1.807, 2.05) is 6.92 Å². The molecule has 0 saturated carbocycles. The monoisotopic (exact) mass is 265 g/mol. The molecular formula is C13H19N3O3. The van der Waals surface area contributed by atoms with Crippen LogP contribution in [0.1, 0.15) is 18.9 Å². The highest BCUT2D eigenvalue weighted by Gasteiger charge is 2.16. The van der Waals surface area contributed by atoms with Gasteiger partial charge in [0.05, 0.1) is 5.69 Å². The fourth-order valence-corrected chi connectivity index (χ4v) is 1.57. The SMILES string of the molecule is CCCOCC(=O)N(C)c1ccccc1/C(N)=N/O. The number of rotatable bonds is 6. The number of ether oxygens (including phenoxy) is 1. The molecule has 6 heteroatoms. The zero-order valence-electron chi connectivity index (χ0n) is 11.2. The van der Waals surface area contributed by atoms with Crippen LogP contribution in [0.5, 0.6) is 0 Å². The number of hydrogen-bond acceptors (Lipinski definition) is 4. The molecule has 0 bridgehead atoms. The molecule has 6 nitrogen and oxygen atoms in total. The first-order valence-corrected chi connectivity index (χ1v) is 6.03. The molecule has 0 aliphatic carbocycles. The Morgan fingerprint density at radius 1 is 1.47 bits per heavy atom. The summed E-state index contributed by atoms with van der Waals surface area (Å²) in [6.45, 7) is 2.53. The molecule has 0 spiro atoms. The lowest BCUT2D eigenvalue weighted by Crippen LogP contribution is -2.32. The lowest BCUT2D eigenvalue weighted by molar-refractivity contribution is -0.122. The largest absolute Gasteiger partial charge is 0.409 e. The average Bonchev–Trinajstić information content (AvgIpc) is 2.45. The summed E-state index contributed by atoms with van der Waals surface area (Å²) in [5.41, 5.74) is 6.65. The Morgan fingerprint density at radius 2 is 2.16 bits per heavy atom. The van der Waals surface area contributed by atoms with E-state index in [2.05, 4.69) is 5.16 Å². The van der Waals surface area contributed by atoms with Crippen LogP contribution >= 0.6 is 0 Å².